The zero-order chi connectivity index (χ0) is 17.3. The summed E-state index contributed by atoms with van der Waals surface area (Å²) >= 11 is 0. The van der Waals surface area contributed by atoms with Crippen LogP contribution in [0.25, 0.3) is 12.2 Å². The molecular formula is C19H12F4O. The lowest BCUT2D eigenvalue weighted by Crippen LogP contribution is -1.98. The molecule has 1 aliphatic rings. The highest BCUT2D eigenvalue weighted by molar-refractivity contribution is 6.15. The highest BCUT2D eigenvalue weighted by atomic mass is 19.1. The molecule has 1 aliphatic carbocycles. The van der Waals surface area contributed by atoms with E-state index in [1.54, 1.807) is 0 Å². The Labute approximate surface area is 135 Å². The van der Waals surface area contributed by atoms with Crippen LogP contribution in [0.1, 0.15) is 24.0 Å². The van der Waals surface area contributed by atoms with Gasteiger partial charge in [0.2, 0.25) is 0 Å². The molecule has 0 N–H and O–H groups in total. The highest BCUT2D eigenvalue weighted by Crippen LogP contribution is 2.31. The van der Waals surface area contributed by atoms with Crippen molar-refractivity contribution in [2.75, 3.05) is 0 Å². The molecule has 0 amide bonds. The van der Waals surface area contributed by atoms with Crippen molar-refractivity contribution in [2.45, 2.75) is 12.8 Å². The van der Waals surface area contributed by atoms with Gasteiger partial charge in [0.15, 0.2) is 5.78 Å². The van der Waals surface area contributed by atoms with Crippen molar-refractivity contribution in [3.05, 3.63) is 81.9 Å². The molecule has 1 fully saturated rings. The summed E-state index contributed by atoms with van der Waals surface area (Å²) in [7, 11) is 0. The van der Waals surface area contributed by atoms with Gasteiger partial charge in [-0.1, -0.05) is 12.1 Å². The first-order valence-corrected chi connectivity index (χ1v) is 7.31. The summed E-state index contributed by atoms with van der Waals surface area (Å²) in [6.07, 6.45) is 2.83. The second-order valence-electron chi connectivity index (χ2n) is 5.44. The molecule has 0 heterocycles. The summed E-state index contributed by atoms with van der Waals surface area (Å²) in [6.45, 7) is 0. The van der Waals surface area contributed by atoms with Gasteiger partial charge in [0.05, 0.1) is 0 Å². The Morgan fingerprint density at radius 2 is 1.00 bits per heavy atom. The van der Waals surface area contributed by atoms with E-state index in [4.69, 9.17) is 0 Å². The number of ketones is 1. The standard InChI is InChI=1S/C19H12F4O/c20-15-3-1-4-16(21)13(15)9-11-7-8-12(19(11)24)10-14-17(22)5-2-6-18(14)23/h1-6,9-10H,7-8H2. The van der Waals surface area contributed by atoms with Crippen molar-refractivity contribution in [2.24, 2.45) is 0 Å². The molecule has 0 atom stereocenters. The Hall–Kier alpha value is -2.69. The molecule has 1 saturated carbocycles. The molecule has 0 spiro atoms. The quantitative estimate of drug-likeness (QED) is 0.554. The van der Waals surface area contributed by atoms with Crippen LogP contribution in [-0.4, -0.2) is 5.78 Å². The van der Waals surface area contributed by atoms with E-state index in [9.17, 15) is 22.4 Å². The monoisotopic (exact) mass is 332 g/mol. The van der Waals surface area contributed by atoms with Gasteiger partial charge in [0.25, 0.3) is 0 Å². The van der Waals surface area contributed by atoms with Gasteiger partial charge in [-0.3, -0.25) is 4.79 Å². The van der Waals surface area contributed by atoms with Crippen LogP contribution in [0.3, 0.4) is 0 Å². The van der Waals surface area contributed by atoms with Gasteiger partial charge in [-0.25, -0.2) is 17.6 Å². The number of rotatable bonds is 2. The van der Waals surface area contributed by atoms with Gasteiger partial charge in [0, 0.05) is 22.3 Å². The Kier molecular flexibility index (Phi) is 4.34. The topological polar surface area (TPSA) is 17.1 Å². The van der Waals surface area contributed by atoms with Crippen LogP contribution in [0.2, 0.25) is 0 Å². The van der Waals surface area contributed by atoms with Gasteiger partial charge >= 0.3 is 0 Å². The van der Waals surface area contributed by atoms with Crippen LogP contribution in [0.5, 0.6) is 0 Å². The van der Waals surface area contributed by atoms with E-state index in [1.807, 2.05) is 0 Å². The molecule has 24 heavy (non-hydrogen) atoms. The van der Waals surface area contributed by atoms with Crippen molar-refractivity contribution in [1.82, 2.24) is 0 Å². The molecule has 122 valence electrons. The second kappa shape index (κ2) is 6.43. The van der Waals surface area contributed by atoms with E-state index < -0.39 is 29.1 Å². The lowest BCUT2D eigenvalue weighted by molar-refractivity contribution is -0.111. The molecule has 0 unspecified atom stereocenters. The number of hydrogen-bond donors (Lipinski definition) is 0. The maximum atomic E-state index is 13.7. The smallest absolute Gasteiger partial charge is 0.185 e. The zero-order valence-electron chi connectivity index (χ0n) is 12.5. The molecule has 0 aliphatic heterocycles. The number of hydrogen-bond acceptors (Lipinski definition) is 1. The third-order valence-corrected chi connectivity index (χ3v) is 3.88. The summed E-state index contributed by atoms with van der Waals surface area (Å²) in [6, 6.07) is 6.85. The van der Waals surface area contributed by atoms with Gasteiger partial charge in [-0.05, 0) is 49.3 Å². The first kappa shape index (κ1) is 16.2. The van der Waals surface area contributed by atoms with E-state index in [0.29, 0.717) is 0 Å². The number of carbonyl (C=O) groups excluding carboxylic acids is 1. The molecule has 2 aromatic carbocycles. The molecule has 0 radical (unpaired) electrons. The molecule has 0 bridgehead atoms. The van der Waals surface area contributed by atoms with Gasteiger partial charge in [0.1, 0.15) is 23.3 Å². The highest BCUT2D eigenvalue weighted by Gasteiger charge is 2.24. The SMILES string of the molecule is O=C1C(=Cc2c(F)cccc2F)CCC1=Cc1c(F)cccc1F. The number of halogens is 4. The van der Waals surface area contributed by atoms with Crippen molar-refractivity contribution < 1.29 is 22.4 Å². The Morgan fingerprint density at radius 1 is 0.667 bits per heavy atom. The van der Waals surface area contributed by atoms with Gasteiger partial charge in [-0.15, -0.1) is 0 Å². The first-order chi connectivity index (χ1) is 11.5. The Balaban J connectivity index is 1.96. The van der Waals surface area contributed by atoms with Gasteiger partial charge in [-0.2, -0.15) is 0 Å². The Bertz CT molecular complexity index is 769. The summed E-state index contributed by atoms with van der Waals surface area (Å²) in [5.74, 6) is -3.54. The van der Waals surface area contributed by atoms with E-state index >= 15 is 0 Å². The predicted molar refractivity (Wildman–Crippen MR) is 82.9 cm³/mol. The van der Waals surface area contributed by atoms with Crippen LogP contribution in [0, 0.1) is 23.3 Å². The van der Waals surface area contributed by atoms with E-state index in [-0.39, 0.29) is 35.1 Å². The maximum Gasteiger partial charge on any atom is 0.185 e. The number of carbonyl (C=O) groups is 1. The van der Waals surface area contributed by atoms with Crippen molar-refractivity contribution >= 4 is 17.9 Å². The lowest BCUT2D eigenvalue weighted by Gasteiger charge is -2.02. The number of benzene rings is 2. The third kappa shape index (κ3) is 3.02. The minimum atomic E-state index is -0.770. The normalized spacial score (nSPS) is 17.9. The summed E-state index contributed by atoms with van der Waals surface area (Å²) in [5, 5.41) is 0. The van der Waals surface area contributed by atoms with Crippen molar-refractivity contribution in [3.63, 3.8) is 0 Å². The fourth-order valence-electron chi connectivity index (χ4n) is 2.62. The molecule has 0 saturated heterocycles. The minimum absolute atomic E-state index is 0.210. The summed E-state index contributed by atoms with van der Waals surface area (Å²) < 4.78 is 54.7. The van der Waals surface area contributed by atoms with Crippen molar-refractivity contribution in [1.29, 1.82) is 0 Å². The van der Waals surface area contributed by atoms with E-state index in [2.05, 4.69) is 0 Å². The minimum Gasteiger partial charge on any atom is -0.289 e. The fraction of sp³-hybridized carbons (Fsp3) is 0.105. The maximum absolute atomic E-state index is 13.7. The molecular weight excluding hydrogens is 320 g/mol. The predicted octanol–water partition coefficient (Wildman–Crippen LogP) is 5.07. The Morgan fingerprint density at radius 3 is 1.33 bits per heavy atom. The van der Waals surface area contributed by atoms with Crippen molar-refractivity contribution in [3.8, 4) is 0 Å². The molecule has 2 aromatic rings. The number of Topliss-reactive ketones (excluding diaryl/α,β-unsaturated/α-hetero) is 1. The van der Waals surface area contributed by atoms with Crippen LogP contribution >= 0.6 is 0 Å². The summed E-state index contributed by atoms with van der Waals surface area (Å²) in [5.41, 5.74) is -0.165. The molecule has 5 heteroatoms. The fourth-order valence-corrected chi connectivity index (χ4v) is 2.62. The number of allylic oxidation sites excluding steroid dienone is 2. The van der Waals surface area contributed by atoms with Crippen LogP contribution < -0.4 is 0 Å². The third-order valence-electron chi connectivity index (χ3n) is 3.88. The van der Waals surface area contributed by atoms with Crippen LogP contribution in [-0.2, 0) is 4.79 Å². The van der Waals surface area contributed by atoms with E-state index in [0.717, 1.165) is 36.4 Å². The van der Waals surface area contributed by atoms with Crippen LogP contribution in [0.4, 0.5) is 17.6 Å². The van der Waals surface area contributed by atoms with Crippen LogP contribution in [0.15, 0.2) is 47.5 Å². The molecule has 0 aromatic heterocycles. The zero-order valence-corrected chi connectivity index (χ0v) is 12.5. The lowest BCUT2D eigenvalue weighted by atomic mass is 10.1. The second-order valence-corrected chi connectivity index (χ2v) is 5.44. The van der Waals surface area contributed by atoms with Gasteiger partial charge < -0.3 is 0 Å². The average Bonchev–Trinajstić information content (AvgIpc) is 2.87. The van der Waals surface area contributed by atoms with E-state index in [1.165, 1.54) is 12.1 Å². The first-order valence-electron chi connectivity index (χ1n) is 7.31. The largest absolute Gasteiger partial charge is 0.289 e. The molecule has 1 nitrogen and oxygen atoms in total. The average molecular weight is 332 g/mol. The molecule has 3 rings (SSSR count). The summed E-state index contributed by atoms with van der Waals surface area (Å²) in [4.78, 5) is 12.3.